The van der Waals surface area contributed by atoms with Crippen molar-refractivity contribution in [1.29, 1.82) is 0 Å². The summed E-state index contributed by atoms with van der Waals surface area (Å²) in [5.41, 5.74) is 5.38. The van der Waals surface area contributed by atoms with Crippen molar-refractivity contribution in [2.75, 3.05) is 98.4 Å². The molecule has 3 unspecified atom stereocenters. The fourth-order valence-electron chi connectivity index (χ4n) is 14.2. The lowest BCUT2D eigenvalue weighted by Gasteiger charge is -2.43. The molecule has 3 aromatic heterocycles. The molecule has 3 atom stereocenters. The summed E-state index contributed by atoms with van der Waals surface area (Å²) in [4.78, 5) is 95.9. The number of imidazole rings is 3. The highest BCUT2D eigenvalue weighted by molar-refractivity contribution is 5.77. The van der Waals surface area contributed by atoms with Gasteiger partial charge in [0.2, 0.25) is 0 Å². The highest BCUT2D eigenvalue weighted by atomic mass is 16.6. The second kappa shape index (κ2) is 27.3. The predicted octanol–water partition coefficient (Wildman–Crippen LogP) is 7.77. The summed E-state index contributed by atoms with van der Waals surface area (Å²) in [5, 5.41) is 0. The van der Waals surface area contributed by atoms with Gasteiger partial charge in [-0.15, -0.1) is 17.8 Å². The van der Waals surface area contributed by atoms with Gasteiger partial charge in [0.15, 0.2) is 19.8 Å². The van der Waals surface area contributed by atoms with Gasteiger partial charge in [-0.25, -0.2) is 28.8 Å². The van der Waals surface area contributed by atoms with Gasteiger partial charge in [-0.3, -0.25) is 28.4 Å². The van der Waals surface area contributed by atoms with Gasteiger partial charge in [-0.05, 0) is 136 Å². The number of rotatable bonds is 9. The Kier molecular flexibility index (Phi) is 19.4. The first-order valence-electron chi connectivity index (χ1n) is 30.8. The minimum Gasteiger partial charge on any atom is -0.436 e. The van der Waals surface area contributed by atoms with Crippen molar-refractivity contribution < 1.29 is 28.6 Å². The van der Waals surface area contributed by atoms with Crippen LogP contribution in [-0.2, 0) is 14.2 Å². The first-order valence-corrected chi connectivity index (χ1v) is 30.8. The maximum atomic E-state index is 12.5. The van der Waals surface area contributed by atoms with Crippen molar-refractivity contribution in [3.63, 3.8) is 0 Å². The van der Waals surface area contributed by atoms with E-state index in [1.165, 1.54) is 0 Å². The lowest BCUT2D eigenvalue weighted by atomic mass is 9.94. The third kappa shape index (κ3) is 13.7. The maximum absolute atomic E-state index is 12.5. The number of fused-ring (bicyclic) bond motifs is 3. The van der Waals surface area contributed by atoms with Gasteiger partial charge in [-0.2, -0.15) is 0 Å². The normalized spacial score (nSPS) is 23.2. The molecule has 0 aliphatic carbocycles. The number of aromatic nitrogens is 6. The van der Waals surface area contributed by atoms with Crippen LogP contribution in [0.2, 0.25) is 0 Å². The number of para-hydroxylation sites is 6. The van der Waals surface area contributed by atoms with E-state index in [0.29, 0.717) is 39.3 Å². The number of ether oxygens (including phenoxy) is 3. The number of likely N-dealkylation sites (tertiary alicyclic amines) is 6. The van der Waals surface area contributed by atoms with Crippen LogP contribution in [0.15, 0.2) is 87.2 Å². The summed E-state index contributed by atoms with van der Waals surface area (Å²) in [5.74, 6) is 16.5. The van der Waals surface area contributed by atoms with Crippen LogP contribution in [0.25, 0.3) is 33.1 Å². The molecule has 6 aliphatic heterocycles. The summed E-state index contributed by atoms with van der Waals surface area (Å²) >= 11 is 0. The Balaban J connectivity index is 0.000000144. The standard InChI is InChI=1S/3C22H28N4O3/c3*1-3-4-15-29-21(28)24-14-11-22(2,16-24)25-12-9-17(10-13-25)26-19-8-6-5-7-18(19)23-20(26)27/h3*5-8,17H,9-16H2,1-2H3,(H,23,27). The maximum Gasteiger partial charge on any atom is 0.410 e. The van der Waals surface area contributed by atoms with Crippen LogP contribution < -0.4 is 17.1 Å². The fraction of sp³-hybridized carbons (Fsp3) is 0.545. The van der Waals surface area contributed by atoms with E-state index in [0.717, 1.165) is 130 Å². The Morgan fingerprint density at radius 2 is 0.678 bits per heavy atom. The summed E-state index contributed by atoms with van der Waals surface area (Å²) in [6, 6.07) is 24.2. The molecule has 9 heterocycles. The molecule has 0 saturated carbocycles. The molecule has 87 heavy (non-hydrogen) atoms. The van der Waals surface area contributed by atoms with Crippen LogP contribution in [0.1, 0.15) is 117 Å². The Bertz CT molecular complexity index is 3410. The van der Waals surface area contributed by atoms with E-state index >= 15 is 0 Å². The number of nitrogens with one attached hydrogen (secondary N) is 3. The lowest BCUT2D eigenvalue weighted by Crippen LogP contribution is -2.52. The largest absolute Gasteiger partial charge is 0.436 e. The highest BCUT2D eigenvalue weighted by Crippen LogP contribution is 2.37. The molecule has 3 aromatic carbocycles. The van der Waals surface area contributed by atoms with Crippen LogP contribution >= 0.6 is 0 Å². The van der Waals surface area contributed by atoms with Gasteiger partial charge in [0.25, 0.3) is 0 Å². The Hall–Kier alpha value is -8.16. The number of benzene rings is 3. The molecular formula is C66H84N12O9. The first-order chi connectivity index (χ1) is 42.0. The van der Waals surface area contributed by atoms with Gasteiger partial charge in [0, 0.05) is 113 Å². The molecule has 6 fully saturated rings. The van der Waals surface area contributed by atoms with Gasteiger partial charge in [0.1, 0.15) is 0 Å². The average Bonchev–Trinajstić information content (AvgIpc) is 2.18. The smallest absolute Gasteiger partial charge is 0.410 e. The number of nitrogens with zero attached hydrogens (tertiary/aromatic N) is 9. The minimum absolute atomic E-state index is 0.0270. The van der Waals surface area contributed by atoms with Crippen molar-refractivity contribution in [2.24, 2.45) is 0 Å². The van der Waals surface area contributed by atoms with Gasteiger partial charge >= 0.3 is 35.3 Å². The van der Waals surface area contributed by atoms with E-state index < -0.39 is 0 Å². The quantitative estimate of drug-likeness (QED) is 0.0937. The zero-order valence-corrected chi connectivity index (χ0v) is 51.3. The molecule has 0 radical (unpaired) electrons. The number of piperidine rings is 3. The molecular weight excluding hydrogens is 1100 g/mol. The number of carbonyl (C=O) groups excluding carboxylic acids is 3. The second-order valence-electron chi connectivity index (χ2n) is 24.6. The number of H-pyrrole nitrogens is 3. The molecule has 21 nitrogen and oxygen atoms in total. The number of carbonyl (C=O) groups is 3. The Morgan fingerprint density at radius 3 is 0.931 bits per heavy atom. The monoisotopic (exact) mass is 1190 g/mol. The van der Waals surface area contributed by atoms with Crippen molar-refractivity contribution in [3.05, 3.63) is 104 Å². The summed E-state index contributed by atoms with van der Waals surface area (Å²) in [6.07, 6.45) is 7.49. The third-order valence-electron chi connectivity index (χ3n) is 19.1. The van der Waals surface area contributed by atoms with E-state index in [2.05, 4.69) is 85.9 Å². The van der Waals surface area contributed by atoms with Crippen molar-refractivity contribution in [1.82, 2.24) is 58.1 Å². The van der Waals surface area contributed by atoms with Crippen molar-refractivity contribution in [2.45, 2.75) is 134 Å². The molecule has 6 saturated heterocycles. The van der Waals surface area contributed by atoms with Gasteiger partial charge < -0.3 is 43.9 Å². The second-order valence-corrected chi connectivity index (χ2v) is 24.6. The summed E-state index contributed by atoms with van der Waals surface area (Å²) in [6.45, 7) is 21.9. The van der Waals surface area contributed by atoms with Crippen LogP contribution in [0.3, 0.4) is 0 Å². The lowest BCUT2D eigenvalue weighted by molar-refractivity contribution is 0.0650. The number of hydrogen-bond acceptors (Lipinski definition) is 12. The van der Waals surface area contributed by atoms with Gasteiger partial charge in [-0.1, -0.05) is 54.2 Å². The Morgan fingerprint density at radius 1 is 0.425 bits per heavy atom. The molecule has 6 aromatic rings. The zero-order valence-electron chi connectivity index (χ0n) is 51.3. The van der Waals surface area contributed by atoms with Crippen LogP contribution in [0.4, 0.5) is 14.4 Å². The van der Waals surface area contributed by atoms with E-state index in [1.807, 2.05) is 86.5 Å². The summed E-state index contributed by atoms with van der Waals surface area (Å²) < 4.78 is 21.4. The number of amides is 3. The fourth-order valence-corrected chi connectivity index (χ4v) is 14.2. The SMILES string of the molecule is CC#CCOC(=O)N1CCC(C)(N2CCC(n3c(=O)[nH]c4ccccc43)CC2)C1.CC#CCOC(=O)N1CCC(C)(N2CCC(n3c(=O)[nH]c4ccccc43)CC2)C1.CC#CCOC(=O)N1CCC(C)(N2CCC(n3c(=O)[nH]c4ccccc43)CC2)C1. The van der Waals surface area contributed by atoms with Crippen LogP contribution in [0.5, 0.6) is 0 Å². The number of hydrogen-bond donors (Lipinski definition) is 3. The van der Waals surface area contributed by atoms with Gasteiger partial charge in [0.05, 0.1) is 33.1 Å². The van der Waals surface area contributed by atoms with E-state index in [1.54, 1.807) is 35.5 Å². The molecule has 12 rings (SSSR count). The van der Waals surface area contributed by atoms with Crippen molar-refractivity contribution >= 4 is 51.4 Å². The molecule has 462 valence electrons. The minimum atomic E-state index is -0.281. The molecule has 21 heteroatoms. The van der Waals surface area contributed by atoms with E-state index in [-0.39, 0.29) is 89.9 Å². The Labute approximate surface area is 508 Å². The topological polar surface area (TPSA) is 212 Å². The predicted molar refractivity (Wildman–Crippen MR) is 335 cm³/mol. The molecule has 0 bridgehead atoms. The number of aromatic amines is 3. The van der Waals surface area contributed by atoms with E-state index in [4.69, 9.17) is 14.2 Å². The highest BCUT2D eigenvalue weighted by Gasteiger charge is 2.45. The molecule has 3 amide bonds. The van der Waals surface area contributed by atoms with Crippen molar-refractivity contribution in [3.8, 4) is 35.5 Å². The summed E-state index contributed by atoms with van der Waals surface area (Å²) in [7, 11) is 0. The molecule has 3 N–H and O–H groups in total. The zero-order chi connectivity index (χ0) is 61.3. The van der Waals surface area contributed by atoms with Crippen LogP contribution in [-0.4, -0.2) is 191 Å². The van der Waals surface area contributed by atoms with Crippen LogP contribution in [0, 0.1) is 35.5 Å². The average molecular weight is 1190 g/mol. The molecule has 0 spiro atoms. The molecule has 6 aliphatic rings. The first kappa shape index (κ1) is 61.9. The van der Waals surface area contributed by atoms with E-state index in [9.17, 15) is 28.8 Å². The third-order valence-corrected chi connectivity index (χ3v) is 19.1.